The first-order valence-corrected chi connectivity index (χ1v) is 12.0. The lowest BCUT2D eigenvalue weighted by atomic mass is 10.1. The maximum atomic E-state index is 12.6. The summed E-state index contributed by atoms with van der Waals surface area (Å²) in [5.41, 5.74) is 2.66. The lowest BCUT2D eigenvalue weighted by molar-refractivity contribution is 0.110. The van der Waals surface area contributed by atoms with Crippen LogP contribution in [0.2, 0.25) is 0 Å². The second-order valence-electron chi connectivity index (χ2n) is 7.53. The highest BCUT2D eigenvalue weighted by molar-refractivity contribution is 7.91. The van der Waals surface area contributed by atoms with Gasteiger partial charge >= 0.3 is 6.09 Å². The zero-order valence-electron chi connectivity index (χ0n) is 17.7. The fraction of sp³-hybridized carbons (Fsp3) is 0.455. The molecule has 1 aromatic carbocycles. The highest BCUT2D eigenvalue weighted by atomic mass is 32.2. The minimum Gasteiger partial charge on any atom is -0.445 e. The molecule has 1 heterocycles. The Morgan fingerprint density at radius 2 is 1.97 bits per heavy atom. The molecule has 3 rings (SSSR count). The number of carbonyl (C=O) groups excluding carboxylic acids is 1. The molecule has 1 aliphatic rings. The van der Waals surface area contributed by atoms with E-state index < -0.39 is 22.0 Å². The van der Waals surface area contributed by atoms with Crippen LogP contribution in [0.5, 0.6) is 0 Å². The van der Waals surface area contributed by atoms with E-state index in [4.69, 9.17) is 4.74 Å². The Morgan fingerprint density at radius 1 is 1.23 bits per heavy atom. The van der Waals surface area contributed by atoms with Crippen molar-refractivity contribution in [3.8, 4) is 0 Å². The average Bonchev–Trinajstić information content (AvgIpc) is 3.56. The lowest BCUT2D eigenvalue weighted by Gasteiger charge is -2.22. The molecule has 1 atom stereocenters. The summed E-state index contributed by atoms with van der Waals surface area (Å²) in [6.07, 6.45) is 1.83. The molecule has 1 amide bonds. The number of aryl methyl sites for hydroxylation is 1. The Bertz CT molecular complexity index is 971. The van der Waals surface area contributed by atoms with Crippen LogP contribution in [-0.4, -0.2) is 44.4 Å². The number of aromatic nitrogens is 1. The van der Waals surface area contributed by atoms with Gasteiger partial charge in [-0.15, -0.1) is 0 Å². The van der Waals surface area contributed by atoms with E-state index in [2.05, 4.69) is 29.0 Å². The first-order chi connectivity index (χ1) is 14.3. The van der Waals surface area contributed by atoms with Gasteiger partial charge in [0.05, 0.1) is 5.75 Å². The molecule has 1 aromatic heterocycles. The number of benzene rings is 1. The van der Waals surface area contributed by atoms with Gasteiger partial charge in [0.1, 0.15) is 6.10 Å². The van der Waals surface area contributed by atoms with Gasteiger partial charge in [0.25, 0.3) is 0 Å². The van der Waals surface area contributed by atoms with E-state index in [0.717, 1.165) is 37.2 Å². The molecule has 0 aliphatic heterocycles. The zero-order chi connectivity index (χ0) is 21.7. The molecular weight excluding hydrogens is 402 g/mol. The Balaban J connectivity index is 1.66. The van der Waals surface area contributed by atoms with Crippen LogP contribution in [0, 0.1) is 12.8 Å². The molecular formula is C22H29N3O4S. The van der Waals surface area contributed by atoms with Crippen LogP contribution in [0.4, 0.5) is 16.2 Å². The van der Waals surface area contributed by atoms with E-state index in [1.54, 1.807) is 12.1 Å². The van der Waals surface area contributed by atoms with E-state index in [0.29, 0.717) is 5.69 Å². The van der Waals surface area contributed by atoms with Crippen molar-refractivity contribution < 1.29 is 17.9 Å². The number of hydrogen-bond acceptors (Lipinski definition) is 6. The molecule has 1 N–H and O–H groups in total. The number of anilines is 2. The molecule has 1 fully saturated rings. The van der Waals surface area contributed by atoms with Gasteiger partial charge in [-0.2, -0.15) is 0 Å². The van der Waals surface area contributed by atoms with Crippen molar-refractivity contribution in [2.24, 2.45) is 5.92 Å². The number of hydrogen-bond donors (Lipinski definition) is 1. The second kappa shape index (κ2) is 9.47. The first kappa shape index (κ1) is 22.1. The van der Waals surface area contributed by atoms with Crippen LogP contribution in [0.25, 0.3) is 0 Å². The number of rotatable bonds is 9. The molecule has 1 aliphatic carbocycles. The summed E-state index contributed by atoms with van der Waals surface area (Å²) in [6.45, 7) is 7.92. The molecule has 1 saturated carbocycles. The van der Waals surface area contributed by atoms with Gasteiger partial charge in [0.2, 0.25) is 0 Å². The summed E-state index contributed by atoms with van der Waals surface area (Å²) in [6, 6.07) is 10.6. The van der Waals surface area contributed by atoms with Crippen molar-refractivity contribution in [3.05, 3.63) is 48.2 Å². The Morgan fingerprint density at radius 3 is 2.53 bits per heavy atom. The summed E-state index contributed by atoms with van der Waals surface area (Å²) in [5, 5.41) is 2.76. The number of nitrogens with zero attached hydrogens (tertiary/aromatic N) is 2. The molecule has 0 spiro atoms. The number of carbonyl (C=O) groups is 1. The highest BCUT2D eigenvalue weighted by Crippen LogP contribution is 2.36. The second-order valence-corrected chi connectivity index (χ2v) is 9.51. The van der Waals surface area contributed by atoms with Crippen LogP contribution < -0.4 is 10.2 Å². The quantitative estimate of drug-likeness (QED) is 0.645. The third-order valence-corrected chi connectivity index (χ3v) is 6.97. The summed E-state index contributed by atoms with van der Waals surface area (Å²) < 4.78 is 30.8. The number of amides is 1. The Labute approximate surface area is 178 Å². The van der Waals surface area contributed by atoms with Gasteiger partial charge < -0.3 is 9.64 Å². The van der Waals surface area contributed by atoms with E-state index in [1.807, 2.05) is 25.1 Å². The summed E-state index contributed by atoms with van der Waals surface area (Å²) in [7, 11) is -3.63. The van der Waals surface area contributed by atoms with E-state index in [-0.39, 0.29) is 16.7 Å². The van der Waals surface area contributed by atoms with E-state index in [9.17, 15) is 13.2 Å². The van der Waals surface area contributed by atoms with Crippen LogP contribution in [0.3, 0.4) is 0 Å². The third kappa shape index (κ3) is 5.50. The number of pyridine rings is 1. The van der Waals surface area contributed by atoms with Crippen LogP contribution in [0.1, 0.15) is 32.3 Å². The zero-order valence-corrected chi connectivity index (χ0v) is 18.5. The molecule has 7 nitrogen and oxygen atoms in total. The van der Waals surface area contributed by atoms with Gasteiger partial charge in [-0.05, 0) is 75.4 Å². The molecule has 0 radical (unpaired) electrons. The molecule has 8 heteroatoms. The normalized spacial score (nSPS) is 14.8. The Kier molecular flexibility index (Phi) is 6.97. The van der Waals surface area contributed by atoms with Crippen molar-refractivity contribution in [2.75, 3.05) is 29.1 Å². The van der Waals surface area contributed by atoms with Crippen molar-refractivity contribution in [1.82, 2.24) is 4.98 Å². The van der Waals surface area contributed by atoms with E-state index >= 15 is 0 Å². The van der Waals surface area contributed by atoms with Gasteiger partial charge in [-0.3, -0.25) is 5.32 Å². The van der Waals surface area contributed by atoms with Crippen molar-refractivity contribution in [3.63, 3.8) is 0 Å². The standard InChI is InChI=1S/C22H29N3O4S/c1-4-25(5-2)18-11-12-19(16(3)14-18)24-22(26)29-20(17-9-10-17)15-30(27,28)21-8-6-7-13-23-21/h6-8,11-14,17,20H,4-5,9-10,15H2,1-3H3,(H,24,26). The molecule has 0 bridgehead atoms. The maximum absolute atomic E-state index is 12.6. The smallest absolute Gasteiger partial charge is 0.411 e. The predicted octanol–water partition coefficient (Wildman–Crippen LogP) is 4.04. The highest BCUT2D eigenvalue weighted by Gasteiger charge is 2.38. The molecule has 1 unspecified atom stereocenters. The number of sulfone groups is 1. The molecule has 162 valence electrons. The summed E-state index contributed by atoms with van der Waals surface area (Å²) >= 11 is 0. The minimum atomic E-state index is -3.63. The van der Waals surface area contributed by atoms with Gasteiger partial charge in [0.15, 0.2) is 14.9 Å². The van der Waals surface area contributed by atoms with Gasteiger partial charge in [0, 0.05) is 30.7 Å². The van der Waals surface area contributed by atoms with Crippen LogP contribution in [-0.2, 0) is 14.6 Å². The fourth-order valence-electron chi connectivity index (χ4n) is 3.42. The van der Waals surface area contributed by atoms with Crippen molar-refractivity contribution >= 4 is 27.3 Å². The SMILES string of the molecule is CCN(CC)c1ccc(NC(=O)OC(CS(=O)(=O)c2ccccn2)C2CC2)c(C)c1. The van der Waals surface area contributed by atoms with Crippen LogP contribution >= 0.6 is 0 Å². The van der Waals surface area contributed by atoms with Crippen LogP contribution in [0.15, 0.2) is 47.6 Å². The lowest BCUT2D eigenvalue weighted by Crippen LogP contribution is -2.31. The maximum Gasteiger partial charge on any atom is 0.411 e. The molecule has 0 saturated heterocycles. The average molecular weight is 432 g/mol. The van der Waals surface area contributed by atoms with Gasteiger partial charge in [-0.25, -0.2) is 18.2 Å². The monoisotopic (exact) mass is 431 g/mol. The number of ether oxygens (including phenoxy) is 1. The molecule has 2 aromatic rings. The summed E-state index contributed by atoms with van der Waals surface area (Å²) in [4.78, 5) is 18.7. The third-order valence-electron chi connectivity index (χ3n) is 5.32. The number of nitrogens with one attached hydrogen (secondary N) is 1. The minimum absolute atomic E-state index is 0.00231. The fourth-order valence-corrected chi connectivity index (χ4v) is 4.87. The predicted molar refractivity (Wildman–Crippen MR) is 118 cm³/mol. The van der Waals surface area contributed by atoms with Crippen molar-refractivity contribution in [2.45, 2.75) is 44.7 Å². The van der Waals surface area contributed by atoms with E-state index in [1.165, 1.54) is 12.3 Å². The molecule has 30 heavy (non-hydrogen) atoms. The largest absolute Gasteiger partial charge is 0.445 e. The first-order valence-electron chi connectivity index (χ1n) is 10.3. The Hall–Kier alpha value is -2.61. The van der Waals surface area contributed by atoms with Gasteiger partial charge in [-0.1, -0.05) is 6.07 Å². The summed E-state index contributed by atoms with van der Waals surface area (Å²) in [5.74, 6) is -0.192. The van der Waals surface area contributed by atoms with Crippen molar-refractivity contribution in [1.29, 1.82) is 0 Å². The topological polar surface area (TPSA) is 88.6 Å².